The molecule has 0 aliphatic carbocycles. The second-order valence-electron chi connectivity index (χ2n) is 7.08. The summed E-state index contributed by atoms with van der Waals surface area (Å²) in [7, 11) is 0. The molecule has 1 aliphatic heterocycles. The Kier molecular flexibility index (Phi) is 5.20. The lowest BCUT2D eigenvalue weighted by Gasteiger charge is -2.26. The van der Waals surface area contributed by atoms with Gasteiger partial charge >= 0.3 is 6.03 Å². The smallest absolute Gasteiger partial charge is 0.318 e. The molecule has 0 saturated carbocycles. The van der Waals surface area contributed by atoms with Gasteiger partial charge in [0.1, 0.15) is 11.4 Å². The second-order valence-corrected chi connectivity index (χ2v) is 7.51. The molecule has 1 aliphatic rings. The van der Waals surface area contributed by atoms with Crippen LogP contribution in [0, 0.1) is 19.7 Å². The monoisotopic (exact) mass is 437 g/mol. The average Bonchev–Trinajstić information content (AvgIpc) is 2.99. The van der Waals surface area contributed by atoms with Crippen molar-refractivity contribution in [3.05, 3.63) is 88.0 Å². The van der Waals surface area contributed by atoms with E-state index in [1.807, 2.05) is 36.6 Å². The van der Waals surface area contributed by atoms with E-state index in [0.717, 1.165) is 28.0 Å². The van der Waals surface area contributed by atoms with Gasteiger partial charge in [-0.15, -0.1) is 0 Å². The van der Waals surface area contributed by atoms with Crippen molar-refractivity contribution in [2.75, 3.05) is 4.90 Å². The molecule has 8 heteroatoms. The van der Waals surface area contributed by atoms with Gasteiger partial charge in [-0.2, -0.15) is 0 Å². The maximum absolute atomic E-state index is 13.6. The van der Waals surface area contributed by atoms with Crippen molar-refractivity contribution in [3.63, 3.8) is 0 Å². The highest BCUT2D eigenvalue weighted by Crippen LogP contribution is 2.26. The number of carbonyl (C=O) groups excluding carboxylic acids is 3. The minimum atomic E-state index is -0.926. The molecule has 2 heterocycles. The van der Waals surface area contributed by atoms with E-state index in [4.69, 9.17) is 11.6 Å². The Bertz CT molecular complexity index is 1260. The number of halogens is 2. The zero-order valence-electron chi connectivity index (χ0n) is 16.6. The molecule has 0 bridgehead atoms. The van der Waals surface area contributed by atoms with E-state index in [-0.39, 0.29) is 11.3 Å². The Morgan fingerprint density at radius 1 is 0.968 bits per heavy atom. The topological polar surface area (TPSA) is 71.4 Å². The molecule has 1 aromatic heterocycles. The molecule has 4 rings (SSSR count). The van der Waals surface area contributed by atoms with Crippen molar-refractivity contribution in [3.8, 4) is 5.69 Å². The first-order chi connectivity index (χ1) is 14.8. The van der Waals surface area contributed by atoms with E-state index in [9.17, 15) is 18.8 Å². The van der Waals surface area contributed by atoms with E-state index in [1.54, 1.807) is 12.1 Å². The van der Waals surface area contributed by atoms with Gasteiger partial charge in [-0.3, -0.25) is 14.9 Å². The first kappa shape index (κ1) is 20.6. The number of aromatic nitrogens is 1. The largest absolute Gasteiger partial charge is 0.335 e. The van der Waals surface area contributed by atoms with Gasteiger partial charge in [0.15, 0.2) is 0 Å². The van der Waals surface area contributed by atoms with E-state index in [1.165, 1.54) is 24.3 Å². The Morgan fingerprint density at radius 2 is 1.68 bits per heavy atom. The van der Waals surface area contributed by atoms with Crippen LogP contribution < -0.4 is 10.2 Å². The van der Waals surface area contributed by atoms with E-state index >= 15 is 0 Å². The van der Waals surface area contributed by atoms with E-state index < -0.39 is 23.7 Å². The Hall–Kier alpha value is -3.71. The van der Waals surface area contributed by atoms with Crippen LogP contribution in [0.3, 0.4) is 0 Å². The predicted octanol–water partition coefficient (Wildman–Crippen LogP) is 4.55. The van der Waals surface area contributed by atoms with Crippen LogP contribution in [-0.2, 0) is 9.59 Å². The third-order valence-electron chi connectivity index (χ3n) is 5.02. The number of nitrogens with zero attached hydrogens (tertiary/aromatic N) is 2. The van der Waals surface area contributed by atoms with Crippen LogP contribution in [0.25, 0.3) is 11.8 Å². The number of amides is 4. The molecule has 2 aromatic carbocycles. The van der Waals surface area contributed by atoms with Gasteiger partial charge in [-0.1, -0.05) is 17.7 Å². The van der Waals surface area contributed by atoms with Gasteiger partial charge in [0, 0.05) is 22.1 Å². The minimum absolute atomic E-state index is 0.0348. The third-order valence-corrected chi connectivity index (χ3v) is 5.27. The Labute approximate surface area is 182 Å². The summed E-state index contributed by atoms with van der Waals surface area (Å²) < 4.78 is 15.6. The van der Waals surface area contributed by atoms with Crippen LogP contribution in [0.2, 0.25) is 5.02 Å². The van der Waals surface area contributed by atoms with Crippen LogP contribution in [0.4, 0.5) is 14.9 Å². The Morgan fingerprint density at radius 3 is 2.35 bits per heavy atom. The number of nitrogens with one attached hydrogen (secondary N) is 1. The molecule has 156 valence electrons. The molecular weight excluding hydrogens is 421 g/mol. The van der Waals surface area contributed by atoms with Gasteiger partial charge < -0.3 is 4.57 Å². The average molecular weight is 438 g/mol. The van der Waals surface area contributed by atoms with Gasteiger partial charge in [0.25, 0.3) is 11.8 Å². The van der Waals surface area contributed by atoms with Crippen LogP contribution in [0.1, 0.15) is 17.0 Å². The summed E-state index contributed by atoms with van der Waals surface area (Å²) >= 11 is 5.97. The fraction of sp³-hybridized carbons (Fsp3) is 0.0870. The van der Waals surface area contributed by atoms with E-state index in [2.05, 4.69) is 5.32 Å². The number of imide groups is 2. The summed E-state index contributed by atoms with van der Waals surface area (Å²) in [6.45, 7) is 3.75. The van der Waals surface area contributed by atoms with Crippen LogP contribution in [-0.4, -0.2) is 22.4 Å². The molecule has 1 fully saturated rings. The molecule has 4 amide bonds. The molecule has 0 unspecified atom stereocenters. The quantitative estimate of drug-likeness (QED) is 0.482. The standard InChI is InChI=1S/C23H17ClFN3O3/c1-13-10-15(14(2)27(13)18-8-6-16(24)7-9-18)11-20-21(29)26-23(31)28(22(20)30)19-5-3-4-17(25)12-19/h3-12H,1-2H3,(H,26,29,31)/b20-11+. The highest BCUT2D eigenvalue weighted by Gasteiger charge is 2.37. The lowest BCUT2D eigenvalue weighted by Crippen LogP contribution is -2.54. The highest BCUT2D eigenvalue weighted by atomic mass is 35.5. The van der Waals surface area contributed by atoms with Crippen molar-refractivity contribution in [2.45, 2.75) is 13.8 Å². The molecule has 1 saturated heterocycles. The summed E-state index contributed by atoms with van der Waals surface area (Å²) in [4.78, 5) is 38.5. The fourth-order valence-electron chi connectivity index (χ4n) is 3.58. The number of hydrogen-bond donors (Lipinski definition) is 1. The zero-order chi connectivity index (χ0) is 22.3. The SMILES string of the molecule is Cc1cc(/C=C2\C(=O)NC(=O)N(c3cccc(F)c3)C2=O)c(C)n1-c1ccc(Cl)cc1. The summed E-state index contributed by atoms with van der Waals surface area (Å²) in [6.07, 6.45) is 1.44. The first-order valence-electron chi connectivity index (χ1n) is 9.38. The number of rotatable bonds is 3. The van der Waals surface area contributed by atoms with Gasteiger partial charge in [0.05, 0.1) is 5.69 Å². The van der Waals surface area contributed by atoms with Crippen LogP contribution in [0.5, 0.6) is 0 Å². The van der Waals surface area contributed by atoms with Crippen LogP contribution in [0.15, 0.2) is 60.2 Å². The number of benzene rings is 2. The highest BCUT2D eigenvalue weighted by molar-refractivity contribution is 6.39. The molecule has 0 spiro atoms. The fourth-order valence-corrected chi connectivity index (χ4v) is 3.71. The van der Waals surface area contributed by atoms with Crippen molar-refractivity contribution < 1.29 is 18.8 Å². The number of anilines is 1. The number of barbiturate groups is 1. The summed E-state index contributed by atoms with van der Waals surface area (Å²) in [5.41, 5.74) is 3.00. The number of aryl methyl sites for hydroxylation is 1. The maximum Gasteiger partial charge on any atom is 0.335 e. The summed E-state index contributed by atoms with van der Waals surface area (Å²) in [5, 5.41) is 2.75. The first-order valence-corrected chi connectivity index (χ1v) is 9.76. The number of urea groups is 1. The van der Waals surface area contributed by atoms with Gasteiger partial charge in [-0.05, 0) is 74.0 Å². The molecule has 0 radical (unpaired) electrons. The molecule has 31 heavy (non-hydrogen) atoms. The van der Waals surface area contributed by atoms with Gasteiger partial charge in [-0.25, -0.2) is 14.1 Å². The lowest BCUT2D eigenvalue weighted by molar-refractivity contribution is -0.122. The minimum Gasteiger partial charge on any atom is -0.318 e. The van der Waals surface area contributed by atoms with Crippen molar-refractivity contribution in [2.24, 2.45) is 0 Å². The number of carbonyl (C=O) groups is 3. The molecule has 3 aromatic rings. The Balaban J connectivity index is 1.76. The maximum atomic E-state index is 13.6. The predicted molar refractivity (Wildman–Crippen MR) is 116 cm³/mol. The van der Waals surface area contributed by atoms with Crippen molar-refractivity contribution >= 4 is 41.2 Å². The molecular formula is C23H17ClFN3O3. The molecule has 0 atom stereocenters. The van der Waals surface area contributed by atoms with E-state index in [0.29, 0.717) is 10.6 Å². The summed E-state index contributed by atoms with van der Waals surface area (Å²) in [6, 6.07) is 13.2. The molecule has 6 nitrogen and oxygen atoms in total. The molecule has 1 N–H and O–H groups in total. The number of hydrogen-bond acceptors (Lipinski definition) is 3. The third kappa shape index (κ3) is 3.75. The van der Waals surface area contributed by atoms with Crippen LogP contribution >= 0.6 is 11.6 Å². The zero-order valence-corrected chi connectivity index (χ0v) is 17.4. The lowest BCUT2D eigenvalue weighted by atomic mass is 10.1. The van der Waals surface area contributed by atoms with Crippen molar-refractivity contribution in [1.29, 1.82) is 0 Å². The normalized spacial score (nSPS) is 15.5. The second kappa shape index (κ2) is 7.85. The van der Waals surface area contributed by atoms with Gasteiger partial charge in [0.2, 0.25) is 0 Å². The summed E-state index contributed by atoms with van der Waals surface area (Å²) in [5.74, 6) is -2.23. The van der Waals surface area contributed by atoms with Crippen molar-refractivity contribution in [1.82, 2.24) is 9.88 Å².